The van der Waals surface area contributed by atoms with E-state index < -0.39 is 18.1 Å². The molecule has 4 heteroatoms. The van der Waals surface area contributed by atoms with Crippen molar-refractivity contribution in [2.75, 3.05) is 0 Å². The number of ether oxygens (including phenoxy) is 1. The molecule has 1 fully saturated rings. The molecule has 0 aromatic rings. The van der Waals surface area contributed by atoms with Crippen molar-refractivity contribution < 1.29 is 14.3 Å². The molecule has 1 atom stereocenters. The number of cyclic esters (lactones) is 2. The van der Waals surface area contributed by atoms with E-state index in [1.54, 1.807) is 0 Å². The van der Waals surface area contributed by atoms with E-state index in [2.05, 4.69) is 10.1 Å². The van der Waals surface area contributed by atoms with E-state index in [1.165, 1.54) is 0 Å². The first-order valence-electron chi connectivity index (χ1n) is 3.76. The summed E-state index contributed by atoms with van der Waals surface area (Å²) in [6.45, 7) is 2.03. The van der Waals surface area contributed by atoms with Gasteiger partial charge in [0.05, 0.1) is 0 Å². The van der Waals surface area contributed by atoms with Crippen molar-refractivity contribution in [1.82, 2.24) is 5.32 Å². The molecule has 4 nitrogen and oxygen atoms in total. The fourth-order valence-corrected chi connectivity index (χ4v) is 0.991. The summed E-state index contributed by atoms with van der Waals surface area (Å²) in [5.74, 6) is -0.441. The van der Waals surface area contributed by atoms with Crippen LogP contribution in [-0.4, -0.2) is 18.1 Å². The predicted octanol–water partition coefficient (Wildman–Crippen LogP) is 0.812. The third-order valence-electron chi connectivity index (χ3n) is 1.62. The molecular weight excluding hydrogens is 146 g/mol. The van der Waals surface area contributed by atoms with E-state index in [0.717, 1.165) is 12.8 Å². The van der Waals surface area contributed by atoms with Crippen LogP contribution in [0.3, 0.4) is 0 Å². The minimum atomic E-state index is -0.615. The standard InChI is InChI=1S/C7H11NO3/c1-2-3-4-5-6(9)11-7(10)8-5/h5H,2-4H2,1H3,(H,8,10)/t5-/m0/s1. The molecule has 0 unspecified atom stereocenters. The molecule has 0 aromatic heterocycles. The normalized spacial score (nSPS) is 23.2. The average Bonchev–Trinajstić information content (AvgIpc) is 2.26. The van der Waals surface area contributed by atoms with Gasteiger partial charge in [-0.15, -0.1) is 0 Å². The van der Waals surface area contributed by atoms with Crippen molar-refractivity contribution >= 4 is 12.1 Å². The molecular formula is C7H11NO3. The smallest absolute Gasteiger partial charge is 0.375 e. The number of alkyl carbamates (subject to hydrolysis) is 1. The maximum absolute atomic E-state index is 10.8. The number of carbonyl (C=O) groups excluding carboxylic acids is 2. The summed E-state index contributed by atoms with van der Waals surface area (Å²) < 4.78 is 4.28. The minimum absolute atomic E-state index is 0.401. The number of unbranched alkanes of at least 4 members (excludes halogenated alkanes) is 1. The summed E-state index contributed by atoms with van der Waals surface area (Å²) in [6, 6.07) is -0.401. The Morgan fingerprint density at radius 3 is 2.73 bits per heavy atom. The number of hydrogen-bond acceptors (Lipinski definition) is 3. The van der Waals surface area contributed by atoms with Gasteiger partial charge in [-0.1, -0.05) is 19.8 Å². The zero-order chi connectivity index (χ0) is 8.27. The molecule has 1 amide bonds. The molecule has 1 rings (SSSR count). The third kappa shape index (κ3) is 1.93. The molecule has 1 heterocycles. The van der Waals surface area contributed by atoms with Gasteiger partial charge in [0, 0.05) is 0 Å². The van der Waals surface area contributed by atoms with Gasteiger partial charge in [0.2, 0.25) is 0 Å². The highest BCUT2D eigenvalue weighted by Gasteiger charge is 2.31. The summed E-state index contributed by atoms with van der Waals surface area (Å²) in [5, 5.41) is 2.43. The van der Waals surface area contributed by atoms with Gasteiger partial charge < -0.3 is 10.1 Å². The Labute approximate surface area is 64.9 Å². The van der Waals surface area contributed by atoms with Crippen molar-refractivity contribution in [3.63, 3.8) is 0 Å². The van der Waals surface area contributed by atoms with Crippen LogP contribution in [0.15, 0.2) is 0 Å². The SMILES string of the molecule is CCCC[C@@H]1NC(=O)OC1=O. The summed E-state index contributed by atoms with van der Waals surface area (Å²) in [4.78, 5) is 21.3. The van der Waals surface area contributed by atoms with Crippen molar-refractivity contribution in [1.29, 1.82) is 0 Å². The zero-order valence-electron chi connectivity index (χ0n) is 6.42. The van der Waals surface area contributed by atoms with Gasteiger partial charge in [0.15, 0.2) is 0 Å². The van der Waals surface area contributed by atoms with Crippen LogP contribution in [0, 0.1) is 0 Å². The topological polar surface area (TPSA) is 55.4 Å². The number of carbonyl (C=O) groups is 2. The molecule has 0 aromatic carbocycles. The van der Waals surface area contributed by atoms with Gasteiger partial charge in [-0.05, 0) is 6.42 Å². The Kier molecular flexibility index (Phi) is 2.46. The summed E-state index contributed by atoms with van der Waals surface area (Å²) in [7, 11) is 0. The van der Waals surface area contributed by atoms with Crippen LogP contribution in [0.25, 0.3) is 0 Å². The highest BCUT2D eigenvalue weighted by Crippen LogP contribution is 2.07. The Balaban J connectivity index is 2.34. The fraction of sp³-hybridized carbons (Fsp3) is 0.714. The van der Waals surface area contributed by atoms with Gasteiger partial charge in [-0.3, -0.25) is 0 Å². The van der Waals surface area contributed by atoms with Crippen LogP contribution < -0.4 is 5.32 Å². The van der Waals surface area contributed by atoms with E-state index in [-0.39, 0.29) is 0 Å². The van der Waals surface area contributed by atoms with Gasteiger partial charge in [0.25, 0.3) is 0 Å². The Morgan fingerprint density at radius 1 is 1.55 bits per heavy atom. The minimum Gasteiger partial charge on any atom is -0.375 e. The Bertz CT molecular complexity index is 179. The molecule has 0 aliphatic carbocycles. The van der Waals surface area contributed by atoms with E-state index in [9.17, 15) is 9.59 Å². The molecule has 1 aliphatic heterocycles. The predicted molar refractivity (Wildman–Crippen MR) is 37.9 cm³/mol. The lowest BCUT2D eigenvalue weighted by Gasteiger charge is -2.01. The monoisotopic (exact) mass is 157 g/mol. The van der Waals surface area contributed by atoms with Crippen LogP contribution in [0.2, 0.25) is 0 Å². The number of nitrogens with one attached hydrogen (secondary N) is 1. The van der Waals surface area contributed by atoms with E-state index in [1.807, 2.05) is 6.92 Å². The second-order valence-electron chi connectivity index (χ2n) is 2.55. The molecule has 0 radical (unpaired) electrons. The Morgan fingerprint density at radius 2 is 2.27 bits per heavy atom. The lowest BCUT2D eigenvalue weighted by molar-refractivity contribution is -0.135. The summed E-state index contributed by atoms with van der Waals surface area (Å²) >= 11 is 0. The average molecular weight is 157 g/mol. The summed E-state index contributed by atoms with van der Waals surface area (Å²) in [5.41, 5.74) is 0. The first kappa shape index (κ1) is 8.04. The van der Waals surface area contributed by atoms with Crippen LogP contribution in [0.5, 0.6) is 0 Å². The molecule has 0 spiro atoms. The van der Waals surface area contributed by atoms with Crippen LogP contribution in [0.4, 0.5) is 4.79 Å². The van der Waals surface area contributed by atoms with Crippen molar-refractivity contribution in [3.8, 4) is 0 Å². The first-order chi connectivity index (χ1) is 5.24. The van der Waals surface area contributed by atoms with Crippen molar-refractivity contribution in [3.05, 3.63) is 0 Å². The number of rotatable bonds is 3. The molecule has 0 saturated carbocycles. The largest absolute Gasteiger partial charge is 0.415 e. The van der Waals surface area contributed by atoms with Gasteiger partial charge >= 0.3 is 12.1 Å². The lowest BCUT2D eigenvalue weighted by atomic mass is 10.1. The number of hydrogen-bond donors (Lipinski definition) is 1. The van der Waals surface area contributed by atoms with E-state index in [4.69, 9.17) is 0 Å². The fourth-order valence-electron chi connectivity index (χ4n) is 0.991. The second kappa shape index (κ2) is 3.37. The summed E-state index contributed by atoms with van der Waals surface area (Å²) in [6.07, 6.45) is 2.01. The van der Waals surface area contributed by atoms with E-state index >= 15 is 0 Å². The number of amides is 1. The molecule has 11 heavy (non-hydrogen) atoms. The number of esters is 1. The maximum Gasteiger partial charge on any atom is 0.415 e. The van der Waals surface area contributed by atoms with E-state index in [0.29, 0.717) is 6.42 Å². The quantitative estimate of drug-likeness (QED) is 0.487. The van der Waals surface area contributed by atoms with Gasteiger partial charge in [0.1, 0.15) is 6.04 Å². The van der Waals surface area contributed by atoms with Crippen LogP contribution in [0.1, 0.15) is 26.2 Å². The first-order valence-corrected chi connectivity index (χ1v) is 3.76. The maximum atomic E-state index is 10.8. The zero-order valence-corrected chi connectivity index (χ0v) is 6.42. The molecule has 1 N–H and O–H groups in total. The Hall–Kier alpha value is -1.06. The molecule has 1 saturated heterocycles. The third-order valence-corrected chi connectivity index (χ3v) is 1.62. The van der Waals surface area contributed by atoms with Gasteiger partial charge in [-0.2, -0.15) is 0 Å². The van der Waals surface area contributed by atoms with Crippen LogP contribution in [-0.2, 0) is 9.53 Å². The van der Waals surface area contributed by atoms with Crippen molar-refractivity contribution in [2.45, 2.75) is 32.2 Å². The molecule has 62 valence electrons. The van der Waals surface area contributed by atoms with Crippen LogP contribution >= 0.6 is 0 Å². The second-order valence-corrected chi connectivity index (χ2v) is 2.55. The highest BCUT2D eigenvalue weighted by atomic mass is 16.6. The van der Waals surface area contributed by atoms with Crippen molar-refractivity contribution in [2.24, 2.45) is 0 Å². The van der Waals surface area contributed by atoms with Gasteiger partial charge in [-0.25, -0.2) is 9.59 Å². The molecule has 0 bridgehead atoms. The lowest BCUT2D eigenvalue weighted by Crippen LogP contribution is -2.28. The highest BCUT2D eigenvalue weighted by molar-refractivity contribution is 5.95. The molecule has 1 aliphatic rings.